The lowest BCUT2D eigenvalue weighted by Crippen LogP contribution is -2.51. The molecule has 0 bridgehead atoms. The number of hydrogen-bond acceptors (Lipinski definition) is 2. The van der Waals surface area contributed by atoms with Crippen molar-refractivity contribution in [1.82, 2.24) is 5.32 Å². The van der Waals surface area contributed by atoms with E-state index in [1.165, 1.54) is 19.3 Å². The second-order valence-corrected chi connectivity index (χ2v) is 6.73. The predicted octanol–water partition coefficient (Wildman–Crippen LogP) is 2.84. The molecule has 0 spiro atoms. The Labute approximate surface area is 117 Å². The van der Waals surface area contributed by atoms with Crippen LogP contribution in [0.15, 0.2) is 0 Å². The highest BCUT2D eigenvalue weighted by Gasteiger charge is 2.41. The molecule has 2 rings (SSSR count). The summed E-state index contributed by atoms with van der Waals surface area (Å²) in [6, 6.07) is 0.378. The quantitative estimate of drug-likeness (QED) is 0.822. The van der Waals surface area contributed by atoms with Gasteiger partial charge in [0.1, 0.15) is 0 Å². The van der Waals surface area contributed by atoms with Crippen LogP contribution in [0.2, 0.25) is 0 Å². The molecule has 2 aliphatic rings. The molecule has 3 heteroatoms. The van der Waals surface area contributed by atoms with Crippen LogP contribution in [-0.4, -0.2) is 18.5 Å². The Hall–Kier alpha value is -0.570. The number of rotatable bonds is 4. The van der Waals surface area contributed by atoms with Crippen molar-refractivity contribution in [2.45, 2.75) is 71.3 Å². The van der Waals surface area contributed by atoms with Crippen LogP contribution in [-0.2, 0) is 4.79 Å². The van der Waals surface area contributed by atoms with Crippen LogP contribution in [0, 0.1) is 17.3 Å². The van der Waals surface area contributed by atoms with Crippen molar-refractivity contribution in [3.8, 4) is 0 Å². The molecule has 2 aliphatic carbocycles. The lowest BCUT2D eigenvalue weighted by Gasteiger charge is -2.36. The standard InChI is InChI=1S/C16H30N2O/c1-3-13-7-8-14(12(13)2)18-15(19)16(11-17)9-5-4-6-10-16/h12-14H,3-11,17H2,1-2H3,(H,18,19). The number of nitrogens with two attached hydrogens (primary N) is 1. The van der Waals surface area contributed by atoms with E-state index >= 15 is 0 Å². The third-order valence-electron chi connectivity index (χ3n) is 5.75. The number of nitrogens with one attached hydrogen (secondary N) is 1. The summed E-state index contributed by atoms with van der Waals surface area (Å²) in [4.78, 5) is 12.7. The lowest BCUT2D eigenvalue weighted by atomic mass is 9.73. The maximum Gasteiger partial charge on any atom is 0.227 e. The molecule has 2 fully saturated rings. The minimum Gasteiger partial charge on any atom is -0.353 e. The highest BCUT2D eigenvalue weighted by molar-refractivity contribution is 5.83. The predicted molar refractivity (Wildman–Crippen MR) is 78.7 cm³/mol. The lowest BCUT2D eigenvalue weighted by molar-refractivity contribution is -0.133. The van der Waals surface area contributed by atoms with Gasteiger partial charge in [-0.15, -0.1) is 0 Å². The summed E-state index contributed by atoms with van der Waals surface area (Å²) >= 11 is 0. The van der Waals surface area contributed by atoms with Crippen molar-refractivity contribution in [2.75, 3.05) is 6.54 Å². The first kappa shape index (κ1) is 14.8. The molecule has 3 N–H and O–H groups in total. The molecule has 3 nitrogen and oxygen atoms in total. The van der Waals surface area contributed by atoms with Crippen molar-refractivity contribution < 1.29 is 4.79 Å². The van der Waals surface area contributed by atoms with Crippen LogP contribution >= 0.6 is 0 Å². The van der Waals surface area contributed by atoms with Gasteiger partial charge in [-0.1, -0.05) is 39.5 Å². The summed E-state index contributed by atoms with van der Waals surface area (Å²) in [5.74, 6) is 1.64. The van der Waals surface area contributed by atoms with Gasteiger partial charge in [-0.2, -0.15) is 0 Å². The molecule has 0 aromatic rings. The molecule has 110 valence electrons. The van der Waals surface area contributed by atoms with Crippen LogP contribution < -0.4 is 11.1 Å². The Morgan fingerprint density at radius 3 is 2.47 bits per heavy atom. The molecular weight excluding hydrogens is 236 g/mol. The Bertz CT molecular complexity index is 310. The second kappa shape index (κ2) is 6.25. The number of hydrogen-bond donors (Lipinski definition) is 2. The van der Waals surface area contributed by atoms with E-state index in [0.717, 1.165) is 38.0 Å². The van der Waals surface area contributed by atoms with Gasteiger partial charge in [0.25, 0.3) is 0 Å². The number of carbonyl (C=O) groups excluding carboxylic acids is 1. The molecule has 0 aliphatic heterocycles. The largest absolute Gasteiger partial charge is 0.353 e. The molecule has 0 saturated heterocycles. The summed E-state index contributed by atoms with van der Waals surface area (Å²) < 4.78 is 0. The average Bonchev–Trinajstić information content (AvgIpc) is 2.80. The highest BCUT2D eigenvalue weighted by Crippen LogP contribution is 2.38. The zero-order valence-corrected chi connectivity index (χ0v) is 12.6. The molecule has 0 aromatic heterocycles. The Morgan fingerprint density at radius 1 is 1.26 bits per heavy atom. The van der Waals surface area contributed by atoms with E-state index in [1.807, 2.05) is 0 Å². The molecule has 2 saturated carbocycles. The third kappa shape index (κ3) is 2.96. The Balaban J connectivity index is 1.96. The van der Waals surface area contributed by atoms with Gasteiger partial charge in [-0.3, -0.25) is 4.79 Å². The summed E-state index contributed by atoms with van der Waals surface area (Å²) in [7, 11) is 0. The van der Waals surface area contributed by atoms with Gasteiger partial charge >= 0.3 is 0 Å². The molecule has 3 atom stereocenters. The van der Waals surface area contributed by atoms with Gasteiger partial charge in [-0.25, -0.2) is 0 Å². The first-order valence-corrected chi connectivity index (χ1v) is 8.14. The van der Waals surface area contributed by atoms with E-state index in [9.17, 15) is 4.79 Å². The number of carbonyl (C=O) groups is 1. The van der Waals surface area contributed by atoms with E-state index in [2.05, 4.69) is 19.2 Å². The topological polar surface area (TPSA) is 55.1 Å². The smallest absolute Gasteiger partial charge is 0.227 e. The van der Waals surface area contributed by atoms with Crippen LogP contribution in [0.25, 0.3) is 0 Å². The van der Waals surface area contributed by atoms with E-state index in [-0.39, 0.29) is 11.3 Å². The van der Waals surface area contributed by atoms with Crippen molar-refractivity contribution in [3.05, 3.63) is 0 Å². The van der Waals surface area contributed by atoms with E-state index in [1.54, 1.807) is 0 Å². The summed E-state index contributed by atoms with van der Waals surface area (Å²) in [6.07, 6.45) is 9.17. The minimum absolute atomic E-state index is 0.239. The van der Waals surface area contributed by atoms with Gasteiger partial charge < -0.3 is 11.1 Å². The van der Waals surface area contributed by atoms with E-state index in [0.29, 0.717) is 18.5 Å². The minimum atomic E-state index is -0.262. The summed E-state index contributed by atoms with van der Waals surface area (Å²) in [6.45, 7) is 5.06. The third-order valence-corrected chi connectivity index (χ3v) is 5.75. The fourth-order valence-electron chi connectivity index (χ4n) is 4.10. The molecule has 3 unspecified atom stereocenters. The molecule has 1 amide bonds. The maximum atomic E-state index is 12.7. The summed E-state index contributed by atoms with van der Waals surface area (Å²) in [5, 5.41) is 3.34. The van der Waals surface area contributed by atoms with Crippen molar-refractivity contribution in [2.24, 2.45) is 23.0 Å². The van der Waals surface area contributed by atoms with Crippen LogP contribution in [0.1, 0.15) is 65.2 Å². The van der Waals surface area contributed by atoms with Crippen molar-refractivity contribution in [1.29, 1.82) is 0 Å². The monoisotopic (exact) mass is 266 g/mol. The van der Waals surface area contributed by atoms with Crippen LogP contribution in [0.5, 0.6) is 0 Å². The molecule has 0 heterocycles. The fraction of sp³-hybridized carbons (Fsp3) is 0.938. The maximum absolute atomic E-state index is 12.7. The molecule has 0 radical (unpaired) electrons. The zero-order chi connectivity index (χ0) is 13.9. The van der Waals surface area contributed by atoms with Gasteiger partial charge in [-0.05, 0) is 37.5 Å². The normalized spacial score (nSPS) is 34.2. The molecule has 0 aromatic carbocycles. The molecule has 19 heavy (non-hydrogen) atoms. The zero-order valence-electron chi connectivity index (χ0n) is 12.6. The van der Waals surface area contributed by atoms with Crippen LogP contribution in [0.3, 0.4) is 0 Å². The summed E-state index contributed by atoms with van der Waals surface area (Å²) in [5.41, 5.74) is 5.68. The van der Waals surface area contributed by atoms with Gasteiger partial charge in [0.05, 0.1) is 5.41 Å². The van der Waals surface area contributed by atoms with Crippen LogP contribution in [0.4, 0.5) is 0 Å². The molecular formula is C16H30N2O. The van der Waals surface area contributed by atoms with Gasteiger partial charge in [0.15, 0.2) is 0 Å². The first-order valence-electron chi connectivity index (χ1n) is 8.14. The van der Waals surface area contributed by atoms with Crippen molar-refractivity contribution in [3.63, 3.8) is 0 Å². The number of amides is 1. The van der Waals surface area contributed by atoms with E-state index < -0.39 is 0 Å². The van der Waals surface area contributed by atoms with E-state index in [4.69, 9.17) is 5.73 Å². The highest BCUT2D eigenvalue weighted by atomic mass is 16.2. The van der Waals surface area contributed by atoms with Gasteiger partial charge in [0, 0.05) is 12.6 Å². The average molecular weight is 266 g/mol. The SMILES string of the molecule is CCC1CCC(NC(=O)C2(CN)CCCCC2)C1C. The Morgan fingerprint density at radius 2 is 1.95 bits per heavy atom. The van der Waals surface area contributed by atoms with Crippen molar-refractivity contribution >= 4 is 5.91 Å². The second-order valence-electron chi connectivity index (χ2n) is 6.73. The fourth-order valence-corrected chi connectivity index (χ4v) is 4.10. The van der Waals surface area contributed by atoms with Gasteiger partial charge in [0.2, 0.25) is 5.91 Å². The Kier molecular flexibility index (Phi) is 4.88. The first-order chi connectivity index (χ1) is 9.13.